The Hall–Kier alpha value is -2.21. The quantitative estimate of drug-likeness (QED) is 0.883. The lowest BCUT2D eigenvalue weighted by molar-refractivity contribution is 0.100. The molecule has 0 bridgehead atoms. The molecule has 2 rings (SSSR count). The van der Waals surface area contributed by atoms with Crippen LogP contribution in [0.15, 0.2) is 29.8 Å². The molecule has 0 radical (unpaired) electrons. The molecule has 2 aromatic heterocycles. The van der Waals surface area contributed by atoms with Crippen LogP contribution in [-0.2, 0) is 0 Å². The Labute approximate surface area is 108 Å². The molecule has 18 heavy (non-hydrogen) atoms. The van der Waals surface area contributed by atoms with Crippen LogP contribution in [0.1, 0.15) is 26.4 Å². The molecule has 0 aromatic carbocycles. The molecule has 0 saturated carbocycles. The van der Waals surface area contributed by atoms with Gasteiger partial charge < -0.3 is 11.1 Å². The second-order valence-corrected chi connectivity index (χ2v) is 4.59. The Morgan fingerprint density at radius 3 is 2.72 bits per heavy atom. The van der Waals surface area contributed by atoms with Crippen molar-refractivity contribution in [2.45, 2.75) is 6.92 Å². The van der Waals surface area contributed by atoms with E-state index < -0.39 is 5.91 Å². The van der Waals surface area contributed by atoms with E-state index in [0.717, 1.165) is 5.69 Å². The fourth-order valence-electron chi connectivity index (χ4n) is 1.38. The van der Waals surface area contributed by atoms with Gasteiger partial charge in [0.25, 0.3) is 11.8 Å². The third-order valence-electron chi connectivity index (χ3n) is 2.33. The number of carbonyl (C=O) groups is 2. The predicted molar refractivity (Wildman–Crippen MR) is 69.8 cm³/mol. The van der Waals surface area contributed by atoms with E-state index in [9.17, 15) is 9.59 Å². The van der Waals surface area contributed by atoms with Crippen LogP contribution in [0.2, 0.25) is 0 Å². The minimum atomic E-state index is -0.561. The molecule has 0 saturated heterocycles. The molecular weight excluding hydrogens is 250 g/mol. The molecule has 0 aliphatic carbocycles. The summed E-state index contributed by atoms with van der Waals surface area (Å²) in [6, 6.07) is 5.00. The molecule has 0 spiro atoms. The number of rotatable bonds is 3. The number of nitrogens with zero attached hydrogens (tertiary/aromatic N) is 1. The fourth-order valence-corrected chi connectivity index (χ4v) is 2.16. The van der Waals surface area contributed by atoms with E-state index in [1.54, 1.807) is 23.6 Å². The van der Waals surface area contributed by atoms with Crippen molar-refractivity contribution >= 4 is 28.2 Å². The molecule has 2 amide bonds. The number of carbonyl (C=O) groups excluding carboxylic acids is 2. The SMILES string of the molecule is Cc1ccc(C(=O)Nc2sccc2C(N)=O)cn1. The van der Waals surface area contributed by atoms with Crippen molar-refractivity contribution in [1.29, 1.82) is 0 Å². The molecule has 0 aliphatic rings. The van der Waals surface area contributed by atoms with Crippen LogP contribution in [0, 0.1) is 6.92 Å². The molecule has 2 aromatic rings. The highest BCUT2D eigenvalue weighted by atomic mass is 32.1. The van der Waals surface area contributed by atoms with Crippen LogP contribution in [0.25, 0.3) is 0 Å². The van der Waals surface area contributed by atoms with Gasteiger partial charge in [-0.25, -0.2) is 0 Å². The lowest BCUT2D eigenvalue weighted by atomic mass is 10.2. The first-order chi connectivity index (χ1) is 8.58. The number of nitrogens with two attached hydrogens (primary N) is 1. The van der Waals surface area contributed by atoms with E-state index in [1.807, 2.05) is 6.92 Å². The van der Waals surface area contributed by atoms with Crippen molar-refractivity contribution in [3.63, 3.8) is 0 Å². The first-order valence-corrected chi connectivity index (χ1v) is 6.07. The van der Waals surface area contributed by atoms with Gasteiger partial charge in [0, 0.05) is 11.9 Å². The molecule has 0 fully saturated rings. The van der Waals surface area contributed by atoms with E-state index in [1.165, 1.54) is 17.5 Å². The Morgan fingerprint density at radius 1 is 1.33 bits per heavy atom. The zero-order chi connectivity index (χ0) is 13.1. The average molecular weight is 261 g/mol. The number of nitrogens with one attached hydrogen (secondary N) is 1. The number of hydrogen-bond donors (Lipinski definition) is 2. The third kappa shape index (κ3) is 2.54. The molecule has 0 atom stereocenters. The summed E-state index contributed by atoms with van der Waals surface area (Å²) in [5.74, 6) is -0.874. The van der Waals surface area contributed by atoms with Crippen molar-refractivity contribution in [2.75, 3.05) is 5.32 Å². The maximum absolute atomic E-state index is 11.9. The molecular formula is C12H11N3O2S. The van der Waals surface area contributed by atoms with E-state index >= 15 is 0 Å². The zero-order valence-electron chi connectivity index (χ0n) is 9.64. The highest BCUT2D eigenvalue weighted by molar-refractivity contribution is 7.14. The first-order valence-electron chi connectivity index (χ1n) is 5.19. The molecule has 5 nitrogen and oxygen atoms in total. The van der Waals surface area contributed by atoms with Gasteiger partial charge in [0.2, 0.25) is 0 Å². The maximum Gasteiger partial charge on any atom is 0.257 e. The number of hydrogen-bond acceptors (Lipinski definition) is 4. The molecule has 2 heterocycles. The first kappa shape index (κ1) is 12.3. The molecule has 3 N–H and O–H groups in total. The minimum absolute atomic E-state index is 0.313. The highest BCUT2D eigenvalue weighted by Gasteiger charge is 2.13. The summed E-state index contributed by atoms with van der Waals surface area (Å²) in [7, 11) is 0. The minimum Gasteiger partial charge on any atom is -0.366 e. The number of pyridine rings is 1. The average Bonchev–Trinajstić information content (AvgIpc) is 2.78. The number of aryl methyl sites for hydroxylation is 1. The highest BCUT2D eigenvalue weighted by Crippen LogP contribution is 2.23. The molecule has 0 aliphatic heterocycles. The Morgan fingerprint density at radius 2 is 2.11 bits per heavy atom. The van der Waals surface area contributed by atoms with Crippen LogP contribution in [0.5, 0.6) is 0 Å². The summed E-state index contributed by atoms with van der Waals surface area (Å²) in [5, 5.41) is 4.80. The summed E-state index contributed by atoms with van der Waals surface area (Å²) in [6.07, 6.45) is 1.49. The second-order valence-electron chi connectivity index (χ2n) is 3.67. The number of thiophene rings is 1. The van der Waals surface area contributed by atoms with E-state index in [2.05, 4.69) is 10.3 Å². The zero-order valence-corrected chi connectivity index (χ0v) is 10.5. The van der Waals surface area contributed by atoms with Gasteiger partial charge in [0.05, 0.1) is 11.1 Å². The summed E-state index contributed by atoms with van der Waals surface area (Å²) >= 11 is 1.25. The van der Waals surface area contributed by atoms with Gasteiger partial charge in [-0.2, -0.15) is 0 Å². The van der Waals surface area contributed by atoms with Gasteiger partial charge in [-0.3, -0.25) is 14.6 Å². The smallest absolute Gasteiger partial charge is 0.257 e. The molecule has 0 unspecified atom stereocenters. The fraction of sp³-hybridized carbons (Fsp3) is 0.0833. The van der Waals surface area contributed by atoms with E-state index in [4.69, 9.17) is 5.73 Å². The lowest BCUT2D eigenvalue weighted by Crippen LogP contribution is -2.16. The van der Waals surface area contributed by atoms with Crippen LogP contribution >= 0.6 is 11.3 Å². The standard InChI is InChI=1S/C12H11N3O2S/c1-7-2-3-8(6-14-7)11(17)15-12-9(10(13)16)4-5-18-12/h2-6H,1H3,(H2,13,16)(H,15,17). The number of primary amides is 1. The van der Waals surface area contributed by atoms with Gasteiger partial charge in [-0.15, -0.1) is 11.3 Å². The molecule has 6 heteroatoms. The number of anilines is 1. The van der Waals surface area contributed by atoms with Crippen molar-refractivity contribution in [3.05, 3.63) is 46.6 Å². The van der Waals surface area contributed by atoms with Crippen LogP contribution in [0.4, 0.5) is 5.00 Å². The van der Waals surface area contributed by atoms with Crippen molar-refractivity contribution < 1.29 is 9.59 Å². The second kappa shape index (κ2) is 4.97. The Bertz CT molecular complexity index is 590. The maximum atomic E-state index is 11.9. The summed E-state index contributed by atoms with van der Waals surface area (Å²) in [6.45, 7) is 1.84. The van der Waals surface area contributed by atoms with Gasteiger partial charge in [-0.05, 0) is 30.5 Å². The van der Waals surface area contributed by atoms with Gasteiger partial charge in [0.15, 0.2) is 0 Å². The monoisotopic (exact) mass is 261 g/mol. The molecule has 92 valence electrons. The van der Waals surface area contributed by atoms with Gasteiger partial charge in [0.1, 0.15) is 5.00 Å². The Kier molecular flexibility index (Phi) is 3.38. The lowest BCUT2D eigenvalue weighted by Gasteiger charge is -2.04. The van der Waals surface area contributed by atoms with Crippen LogP contribution < -0.4 is 11.1 Å². The van der Waals surface area contributed by atoms with E-state index in [-0.39, 0.29) is 5.91 Å². The van der Waals surface area contributed by atoms with Crippen molar-refractivity contribution in [3.8, 4) is 0 Å². The topological polar surface area (TPSA) is 85.1 Å². The van der Waals surface area contributed by atoms with Crippen LogP contribution in [-0.4, -0.2) is 16.8 Å². The third-order valence-corrected chi connectivity index (χ3v) is 3.16. The van der Waals surface area contributed by atoms with Crippen molar-refractivity contribution in [1.82, 2.24) is 4.98 Å². The van der Waals surface area contributed by atoms with Gasteiger partial charge in [-0.1, -0.05) is 0 Å². The summed E-state index contributed by atoms with van der Waals surface area (Å²) in [5.41, 5.74) is 6.78. The normalized spacial score (nSPS) is 10.1. The largest absolute Gasteiger partial charge is 0.366 e. The number of amides is 2. The van der Waals surface area contributed by atoms with Crippen molar-refractivity contribution in [2.24, 2.45) is 5.73 Å². The summed E-state index contributed by atoms with van der Waals surface area (Å²) < 4.78 is 0. The van der Waals surface area contributed by atoms with Crippen LogP contribution in [0.3, 0.4) is 0 Å². The number of aromatic nitrogens is 1. The van der Waals surface area contributed by atoms with Gasteiger partial charge >= 0.3 is 0 Å². The predicted octanol–water partition coefficient (Wildman–Crippen LogP) is 1.80. The summed E-state index contributed by atoms with van der Waals surface area (Å²) in [4.78, 5) is 27.1. The van der Waals surface area contributed by atoms with E-state index in [0.29, 0.717) is 16.1 Å². The Balaban J connectivity index is 2.19.